The summed E-state index contributed by atoms with van der Waals surface area (Å²) in [6, 6.07) is 0. The molecular weight excluding hydrogens is 320 g/mol. The van der Waals surface area contributed by atoms with Crippen molar-refractivity contribution in [1.82, 2.24) is 0 Å². The Bertz CT molecular complexity index is 805. The number of carbonyl (C=O) groups excluding carboxylic acids is 2. The summed E-state index contributed by atoms with van der Waals surface area (Å²) in [5, 5.41) is 51.3. The van der Waals surface area contributed by atoms with Crippen molar-refractivity contribution in [2.75, 3.05) is 7.11 Å². The predicted octanol–water partition coefficient (Wildman–Crippen LogP) is -0.291. The average Bonchev–Trinajstić information content (AvgIpc) is 2.51. The molecule has 0 spiro atoms. The lowest BCUT2D eigenvalue weighted by Crippen LogP contribution is -2.48. The monoisotopic (exact) mass is 336 g/mol. The van der Waals surface area contributed by atoms with Crippen LogP contribution in [0, 0.1) is 0 Å². The molecule has 0 saturated heterocycles. The molecule has 0 aliphatic heterocycles. The van der Waals surface area contributed by atoms with Gasteiger partial charge in [0.2, 0.25) is 5.78 Å². The molecule has 1 aromatic carbocycles. The number of aromatic hydroxyl groups is 2. The number of hydrogen-bond donors (Lipinski definition) is 5. The van der Waals surface area contributed by atoms with Crippen LogP contribution in [-0.2, 0) is 11.2 Å². The SMILES string of the molecule is COC1=CC(=O)c2c(O)c3c(c(O)c2C1=O)C[C@@](C)(O)[C@@H](O)[C@@H]3O. The van der Waals surface area contributed by atoms with Crippen LogP contribution in [-0.4, -0.2) is 55.9 Å². The highest BCUT2D eigenvalue weighted by molar-refractivity contribution is 6.26. The quantitative estimate of drug-likeness (QED) is 0.440. The molecule has 2 aliphatic carbocycles. The maximum atomic E-state index is 12.4. The third-order valence-corrected chi connectivity index (χ3v) is 4.54. The maximum absolute atomic E-state index is 12.4. The molecule has 8 nitrogen and oxygen atoms in total. The Hall–Kier alpha value is -2.42. The first-order valence-corrected chi connectivity index (χ1v) is 7.15. The van der Waals surface area contributed by atoms with Crippen LogP contribution in [0.3, 0.4) is 0 Å². The molecular formula is C16H16O8. The van der Waals surface area contributed by atoms with E-state index in [1.165, 1.54) is 14.0 Å². The molecule has 8 heteroatoms. The fourth-order valence-electron chi connectivity index (χ4n) is 3.24. The number of methoxy groups -OCH3 is 1. The lowest BCUT2D eigenvalue weighted by Gasteiger charge is -2.39. The molecule has 128 valence electrons. The topological polar surface area (TPSA) is 145 Å². The molecule has 3 atom stereocenters. The standard InChI is InChI=1S/C16H16O8/c1-16(23)4-5-8(14(21)15(16)22)13(20)9-6(17)3-7(24-2)12(19)10(9)11(5)18/h3,14-15,18,20-23H,4H2,1-2H3/t14-,15+,16-/m1/s1. The zero-order chi connectivity index (χ0) is 18.0. The number of carbonyl (C=O) groups is 2. The number of rotatable bonds is 1. The second kappa shape index (κ2) is 5.04. The minimum Gasteiger partial charge on any atom is -0.507 e. The normalized spacial score (nSPS) is 29.0. The van der Waals surface area contributed by atoms with Gasteiger partial charge in [-0.05, 0) is 6.92 Å². The molecule has 0 bridgehead atoms. The predicted molar refractivity (Wildman–Crippen MR) is 78.8 cm³/mol. The summed E-state index contributed by atoms with van der Waals surface area (Å²) >= 11 is 0. The van der Waals surface area contributed by atoms with Gasteiger partial charge in [0, 0.05) is 23.6 Å². The molecule has 2 aliphatic rings. The number of ether oxygens (including phenoxy) is 1. The van der Waals surface area contributed by atoms with E-state index in [0.717, 1.165) is 6.08 Å². The Balaban J connectivity index is 2.36. The number of hydrogen-bond acceptors (Lipinski definition) is 8. The lowest BCUT2D eigenvalue weighted by atomic mass is 9.74. The number of fused-ring (bicyclic) bond motifs is 2. The Labute approximate surface area is 136 Å². The van der Waals surface area contributed by atoms with Crippen molar-refractivity contribution in [3.63, 3.8) is 0 Å². The number of phenolic OH excluding ortho intramolecular Hbond substituents is 2. The molecule has 0 unspecified atom stereocenters. The van der Waals surface area contributed by atoms with Crippen molar-refractivity contribution in [3.05, 3.63) is 34.1 Å². The molecule has 0 aromatic heterocycles. The smallest absolute Gasteiger partial charge is 0.232 e. The van der Waals surface area contributed by atoms with E-state index in [1.54, 1.807) is 0 Å². The number of benzene rings is 1. The van der Waals surface area contributed by atoms with Crippen molar-refractivity contribution in [2.24, 2.45) is 0 Å². The van der Waals surface area contributed by atoms with Gasteiger partial charge >= 0.3 is 0 Å². The lowest BCUT2D eigenvalue weighted by molar-refractivity contribution is -0.126. The maximum Gasteiger partial charge on any atom is 0.232 e. The zero-order valence-electron chi connectivity index (χ0n) is 12.9. The summed E-state index contributed by atoms with van der Waals surface area (Å²) in [5.41, 5.74) is -3.10. The number of allylic oxidation sites excluding steroid dienone is 2. The van der Waals surface area contributed by atoms with Crippen molar-refractivity contribution < 1.29 is 39.9 Å². The first kappa shape index (κ1) is 16.4. The first-order chi connectivity index (χ1) is 11.1. The van der Waals surface area contributed by atoms with Gasteiger partial charge < -0.3 is 30.3 Å². The summed E-state index contributed by atoms with van der Waals surface area (Å²) in [6.45, 7) is 1.24. The van der Waals surface area contributed by atoms with Gasteiger partial charge in [0.25, 0.3) is 0 Å². The fraction of sp³-hybridized carbons (Fsp3) is 0.375. The number of aliphatic hydroxyl groups excluding tert-OH is 2. The van der Waals surface area contributed by atoms with Crippen LogP contribution in [0.5, 0.6) is 11.5 Å². The van der Waals surface area contributed by atoms with Gasteiger partial charge in [0.15, 0.2) is 11.5 Å². The van der Waals surface area contributed by atoms with Crippen molar-refractivity contribution in [1.29, 1.82) is 0 Å². The van der Waals surface area contributed by atoms with E-state index in [0.29, 0.717) is 0 Å². The summed E-state index contributed by atoms with van der Waals surface area (Å²) in [5.74, 6) is -3.22. The van der Waals surface area contributed by atoms with Crippen LogP contribution in [0.2, 0.25) is 0 Å². The van der Waals surface area contributed by atoms with Crippen molar-refractivity contribution in [3.8, 4) is 11.5 Å². The summed E-state index contributed by atoms with van der Waals surface area (Å²) in [7, 11) is 1.18. The number of aliphatic hydroxyl groups is 3. The summed E-state index contributed by atoms with van der Waals surface area (Å²) in [6.07, 6.45) is -2.85. The van der Waals surface area contributed by atoms with Crippen LogP contribution in [0.15, 0.2) is 11.8 Å². The Morgan fingerprint density at radius 3 is 2.38 bits per heavy atom. The van der Waals surface area contributed by atoms with Gasteiger partial charge in [-0.2, -0.15) is 0 Å². The van der Waals surface area contributed by atoms with Gasteiger partial charge in [-0.3, -0.25) is 9.59 Å². The zero-order valence-corrected chi connectivity index (χ0v) is 12.9. The second-order valence-electron chi connectivity index (χ2n) is 6.17. The Morgan fingerprint density at radius 1 is 1.17 bits per heavy atom. The second-order valence-corrected chi connectivity index (χ2v) is 6.17. The van der Waals surface area contributed by atoms with E-state index in [2.05, 4.69) is 0 Å². The van der Waals surface area contributed by atoms with E-state index >= 15 is 0 Å². The fourth-order valence-corrected chi connectivity index (χ4v) is 3.24. The molecule has 5 N–H and O–H groups in total. The van der Waals surface area contributed by atoms with Crippen LogP contribution in [0.1, 0.15) is 44.9 Å². The third-order valence-electron chi connectivity index (χ3n) is 4.54. The summed E-state index contributed by atoms with van der Waals surface area (Å²) in [4.78, 5) is 24.6. The average molecular weight is 336 g/mol. The van der Waals surface area contributed by atoms with E-state index in [4.69, 9.17) is 4.74 Å². The molecule has 24 heavy (non-hydrogen) atoms. The first-order valence-electron chi connectivity index (χ1n) is 7.15. The molecule has 1 aromatic rings. The van der Waals surface area contributed by atoms with Gasteiger partial charge in [-0.25, -0.2) is 0 Å². The highest BCUT2D eigenvalue weighted by Gasteiger charge is 2.47. The molecule has 0 fully saturated rings. The largest absolute Gasteiger partial charge is 0.507 e. The minimum absolute atomic E-state index is 0.104. The van der Waals surface area contributed by atoms with Crippen LogP contribution in [0.25, 0.3) is 0 Å². The number of ketones is 2. The molecule has 0 radical (unpaired) electrons. The van der Waals surface area contributed by atoms with E-state index in [9.17, 15) is 35.1 Å². The Morgan fingerprint density at radius 2 is 1.79 bits per heavy atom. The number of Topliss-reactive ketones (excluding diaryl/α,β-unsaturated/α-hetero) is 1. The van der Waals surface area contributed by atoms with E-state index < -0.39 is 52.0 Å². The van der Waals surface area contributed by atoms with E-state index in [-0.39, 0.29) is 23.3 Å². The number of phenols is 2. The molecule has 0 heterocycles. The third kappa shape index (κ3) is 1.97. The van der Waals surface area contributed by atoms with Gasteiger partial charge in [0.05, 0.1) is 23.8 Å². The van der Waals surface area contributed by atoms with Crippen LogP contribution < -0.4 is 0 Å². The van der Waals surface area contributed by atoms with Crippen LogP contribution >= 0.6 is 0 Å². The summed E-state index contributed by atoms with van der Waals surface area (Å²) < 4.78 is 4.81. The molecule has 0 saturated carbocycles. The molecule has 3 rings (SSSR count). The van der Waals surface area contributed by atoms with Crippen molar-refractivity contribution in [2.45, 2.75) is 31.2 Å². The van der Waals surface area contributed by atoms with Gasteiger partial charge in [-0.15, -0.1) is 0 Å². The minimum atomic E-state index is -1.80. The van der Waals surface area contributed by atoms with Crippen molar-refractivity contribution >= 4 is 11.6 Å². The molecule has 0 amide bonds. The highest BCUT2D eigenvalue weighted by atomic mass is 16.5. The Kier molecular flexibility index (Phi) is 3.45. The van der Waals surface area contributed by atoms with Gasteiger partial charge in [-0.1, -0.05) is 0 Å². The van der Waals surface area contributed by atoms with E-state index in [1.807, 2.05) is 0 Å². The van der Waals surface area contributed by atoms with Gasteiger partial charge in [0.1, 0.15) is 23.7 Å². The highest BCUT2D eigenvalue weighted by Crippen LogP contribution is 2.49. The van der Waals surface area contributed by atoms with Crippen LogP contribution in [0.4, 0.5) is 0 Å².